The van der Waals surface area contributed by atoms with E-state index < -0.39 is 0 Å². The van der Waals surface area contributed by atoms with Gasteiger partial charge in [-0.15, -0.1) is 0 Å². The average molecular weight is 241 g/mol. The Morgan fingerprint density at radius 3 is 2.69 bits per heavy atom. The summed E-state index contributed by atoms with van der Waals surface area (Å²) in [6, 6.07) is 1.68. The first-order valence-corrected chi connectivity index (χ1v) is 6.10. The van der Waals surface area contributed by atoms with Gasteiger partial charge in [-0.25, -0.2) is 4.98 Å². The lowest BCUT2D eigenvalue weighted by atomic mass is 9.89. The summed E-state index contributed by atoms with van der Waals surface area (Å²) < 4.78 is 5.79. The predicted octanol–water partition coefficient (Wildman–Crippen LogP) is 3.27. The SMILES string of the molecule is CC1CCC(Oc2ncc(Cl)cc2N)CC1. The van der Waals surface area contributed by atoms with E-state index >= 15 is 0 Å². The number of nitrogens with two attached hydrogens (primary N) is 1. The fraction of sp³-hybridized carbons (Fsp3) is 0.583. The third-order valence-electron chi connectivity index (χ3n) is 3.09. The molecule has 88 valence electrons. The van der Waals surface area contributed by atoms with Crippen LogP contribution in [-0.4, -0.2) is 11.1 Å². The molecule has 1 fully saturated rings. The van der Waals surface area contributed by atoms with E-state index in [9.17, 15) is 0 Å². The number of ether oxygens (including phenoxy) is 1. The second kappa shape index (κ2) is 4.91. The summed E-state index contributed by atoms with van der Waals surface area (Å²) in [4.78, 5) is 4.11. The maximum atomic E-state index is 5.79. The van der Waals surface area contributed by atoms with E-state index in [0.29, 0.717) is 16.6 Å². The average Bonchev–Trinajstić information content (AvgIpc) is 2.25. The lowest BCUT2D eigenvalue weighted by Crippen LogP contribution is -2.23. The normalized spacial score (nSPS) is 25.4. The molecule has 0 radical (unpaired) electrons. The third kappa shape index (κ3) is 2.79. The number of pyridine rings is 1. The van der Waals surface area contributed by atoms with Crippen LogP contribution in [0.2, 0.25) is 5.02 Å². The van der Waals surface area contributed by atoms with Gasteiger partial charge in [0.2, 0.25) is 5.88 Å². The molecule has 0 spiro atoms. The van der Waals surface area contributed by atoms with Crippen molar-refractivity contribution >= 4 is 17.3 Å². The van der Waals surface area contributed by atoms with E-state index in [-0.39, 0.29) is 6.10 Å². The first kappa shape index (κ1) is 11.5. The van der Waals surface area contributed by atoms with Crippen LogP contribution in [0, 0.1) is 5.92 Å². The first-order valence-electron chi connectivity index (χ1n) is 5.73. The molecular weight excluding hydrogens is 224 g/mol. The smallest absolute Gasteiger partial charge is 0.237 e. The van der Waals surface area contributed by atoms with Crippen LogP contribution in [0.25, 0.3) is 0 Å². The standard InChI is InChI=1S/C12H17ClN2O/c1-8-2-4-10(5-3-8)16-12-11(14)6-9(13)7-15-12/h6-8,10H,2-5,14H2,1H3. The Hall–Kier alpha value is -0.960. The van der Waals surface area contributed by atoms with Crippen LogP contribution < -0.4 is 10.5 Å². The summed E-state index contributed by atoms with van der Waals surface area (Å²) in [6.45, 7) is 2.28. The van der Waals surface area contributed by atoms with E-state index in [0.717, 1.165) is 18.8 Å². The molecule has 16 heavy (non-hydrogen) atoms. The predicted molar refractivity (Wildman–Crippen MR) is 65.7 cm³/mol. The van der Waals surface area contributed by atoms with Gasteiger partial charge in [-0.2, -0.15) is 0 Å². The van der Waals surface area contributed by atoms with Crippen LogP contribution in [0.1, 0.15) is 32.6 Å². The van der Waals surface area contributed by atoms with Gasteiger partial charge in [0.15, 0.2) is 0 Å². The maximum absolute atomic E-state index is 5.79. The molecule has 1 saturated carbocycles. The highest BCUT2D eigenvalue weighted by molar-refractivity contribution is 6.30. The quantitative estimate of drug-likeness (QED) is 0.863. The van der Waals surface area contributed by atoms with E-state index in [4.69, 9.17) is 22.1 Å². The summed E-state index contributed by atoms with van der Waals surface area (Å²) in [5.41, 5.74) is 6.31. The molecule has 1 aliphatic carbocycles. The Bertz CT molecular complexity index is 362. The van der Waals surface area contributed by atoms with Crippen molar-refractivity contribution in [2.45, 2.75) is 38.7 Å². The molecule has 2 N–H and O–H groups in total. The Morgan fingerprint density at radius 1 is 1.38 bits per heavy atom. The van der Waals surface area contributed by atoms with Crippen molar-refractivity contribution in [1.82, 2.24) is 4.98 Å². The van der Waals surface area contributed by atoms with E-state index in [2.05, 4.69) is 11.9 Å². The van der Waals surface area contributed by atoms with Gasteiger partial charge in [-0.1, -0.05) is 18.5 Å². The van der Waals surface area contributed by atoms with E-state index in [1.54, 1.807) is 12.3 Å². The maximum Gasteiger partial charge on any atom is 0.237 e. The Labute approximate surface area is 101 Å². The lowest BCUT2D eigenvalue weighted by Gasteiger charge is -2.26. The van der Waals surface area contributed by atoms with Crippen LogP contribution in [0.4, 0.5) is 5.69 Å². The summed E-state index contributed by atoms with van der Waals surface area (Å²) in [7, 11) is 0. The number of aromatic nitrogens is 1. The van der Waals surface area contributed by atoms with Crippen LogP contribution in [-0.2, 0) is 0 Å². The summed E-state index contributed by atoms with van der Waals surface area (Å²) in [5, 5.41) is 0.544. The number of hydrogen-bond donors (Lipinski definition) is 1. The molecule has 3 nitrogen and oxygen atoms in total. The minimum Gasteiger partial charge on any atom is -0.473 e. The van der Waals surface area contributed by atoms with Crippen LogP contribution in [0.3, 0.4) is 0 Å². The van der Waals surface area contributed by atoms with Gasteiger partial charge >= 0.3 is 0 Å². The molecule has 2 rings (SSSR count). The van der Waals surface area contributed by atoms with E-state index in [1.807, 2.05) is 0 Å². The molecule has 0 unspecified atom stereocenters. The number of nitrogens with zero attached hydrogens (tertiary/aromatic N) is 1. The molecule has 0 aliphatic heterocycles. The molecular formula is C12H17ClN2O. The Kier molecular flexibility index (Phi) is 3.54. The fourth-order valence-corrected chi connectivity index (χ4v) is 2.21. The van der Waals surface area contributed by atoms with Gasteiger partial charge in [0, 0.05) is 6.20 Å². The zero-order valence-corrected chi connectivity index (χ0v) is 10.2. The largest absolute Gasteiger partial charge is 0.473 e. The van der Waals surface area contributed by atoms with Crippen molar-refractivity contribution in [2.24, 2.45) is 5.92 Å². The molecule has 4 heteroatoms. The van der Waals surface area contributed by atoms with Crippen molar-refractivity contribution in [3.8, 4) is 5.88 Å². The molecule has 0 aromatic carbocycles. The van der Waals surface area contributed by atoms with Crippen LogP contribution >= 0.6 is 11.6 Å². The van der Waals surface area contributed by atoms with Crippen LogP contribution in [0.15, 0.2) is 12.3 Å². The molecule has 0 saturated heterocycles. The molecule has 0 atom stereocenters. The van der Waals surface area contributed by atoms with Crippen molar-refractivity contribution in [1.29, 1.82) is 0 Å². The monoisotopic (exact) mass is 240 g/mol. The van der Waals surface area contributed by atoms with Crippen LogP contribution in [0.5, 0.6) is 5.88 Å². The third-order valence-corrected chi connectivity index (χ3v) is 3.29. The Morgan fingerprint density at radius 2 is 2.06 bits per heavy atom. The summed E-state index contributed by atoms with van der Waals surface area (Å²) in [5.74, 6) is 1.33. The molecule has 1 aliphatic rings. The van der Waals surface area contributed by atoms with Crippen molar-refractivity contribution in [2.75, 3.05) is 5.73 Å². The molecule has 1 heterocycles. The highest BCUT2D eigenvalue weighted by Crippen LogP contribution is 2.29. The topological polar surface area (TPSA) is 48.1 Å². The van der Waals surface area contributed by atoms with Gasteiger partial charge in [0.25, 0.3) is 0 Å². The molecule has 1 aromatic rings. The fourth-order valence-electron chi connectivity index (χ4n) is 2.05. The van der Waals surface area contributed by atoms with Gasteiger partial charge in [-0.05, 0) is 37.7 Å². The molecule has 1 aromatic heterocycles. The molecule has 0 bridgehead atoms. The summed E-state index contributed by atoms with van der Waals surface area (Å²) in [6.07, 6.45) is 6.44. The van der Waals surface area contributed by atoms with Crippen molar-refractivity contribution < 1.29 is 4.74 Å². The number of anilines is 1. The zero-order valence-electron chi connectivity index (χ0n) is 9.45. The van der Waals surface area contributed by atoms with Crippen molar-refractivity contribution in [3.05, 3.63) is 17.3 Å². The van der Waals surface area contributed by atoms with E-state index in [1.165, 1.54) is 12.8 Å². The molecule has 0 amide bonds. The second-order valence-corrected chi connectivity index (χ2v) is 4.98. The minimum atomic E-state index is 0.257. The second-order valence-electron chi connectivity index (χ2n) is 4.55. The van der Waals surface area contributed by atoms with Gasteiger partial charge < -0.3 is 10.5 Å². The van der Waals surface area contributed by atoms with Gasteiger partial charge in [-0.3, -0.25) is 0 Å². The first-order chi connectivity index (χ1) is 7.65. The lowest BCUT2D eigenvalue weighted by molar-refractivity contribution is 0.131. The highest BCUT2D eigenvalue weighted by Gasteiger charge is 2.20. The number of hydrogen-bond acceptors (Lipinski definition) is 3. The number of nitrogen functional groups attached to an aromatic ring is 1. The van der Waals surface area contributed by atoms with Gasteiger partial charge in [0.1, 0.15) is 6.10 Å². The number of halogens is 1. The minimum absolute atomic E-state index is 0.257. The van der Waals surface area contributed by atoms with Crippen molar-refractivity contribution in [3.63, 3.8) is 0 Å². The Balaban J connectivity index is 1.98. The summed E-state index contributed by atoms with van der Waals surface area (Å²) >= 11 is 5.78. The van der Waals surface area contributed by atoms with Gasteiger partial charge in [0.05, 0.1) is 10.7 Å². The highest BCUT2D eigenvalue weighted by atomic mass is 35.5. The zero-order chi connectivity index (χ0) is 11.5. The number of rotatable bonds is 2.